The zero-order chi connectivity index (χ0) is 15.1. The first-order valence-corrected chi connectivity index (χ1v) is 7.69. The molecule has 21 heavy (non-hydrogen) atoms. The summed E-state index contributed by atoms with van der Waals surface area (Å²) in [5.74, 6) is 0.717. The molecule has 112 valence electrons. The SMILES string of the molecule is C[C@@H](O)c1cc(Cl)ccc1OCCCCc1ccccc1. The second-order valence-corrected chi connectivity index (χ2v) is 5.59. The fraction of sp³-hybridized carbons (Fsp3) is 0.333. The zero-order valence-electron chi connectivity index (χ0n) is 12.3. The molecule has 0 aliphatic carbocycles. The predicted octanol–water partition coefficient (Wildman–Crippen LogP) is 4.80. The van der Waals surface area contributed by atoms with Crippen LogP contribution in [0.5, 0.6) is 5.75 Å². The van der Waals surface area contributed by atoms with Gasteiger partial charge in [-0.1, -0.05) is 41.9 Å². The molecule has 0 bridgehead atoms. The Bertz CT molecular complexity index is 552. The molecule has 2 aromatic carbocycles. The summed E-state index contributed by atoms with van der Waals surface area (Å²) in [6.07, 6.45) is 2.55. The van der Waals surface area contributed by atoms with Gasteiger partial charge in [0.25, 0.3) is 0 Å². The van der Waals surface area contributed by atoms with Crippen molar-refractivity contribution in [1.82, 2.24) is 0 Å². The molecule has 0 spiro atoms. The molecule has 1 N–H and O–H groups in total. The van der Waals surface area contributed by atoms with E-state index in [9.17, 15) is 5.11 Å². The van der Waals surface area contributed by atoms with Crippen molar-refractivity contribution >= 4 is 11.6 Å². The number of hydrogen-bond acceptors (Lipinski definition) is 2. The van der Waals surface area contributed by atoms with Crippen molar-refractivity contribution in [3.8, 4) is 5.75 Å². The van der Waals surface area contributed by atoms with Crippen molar-refractivity contribution in [2.24, 2.45) is 0 Å². The Kier molecular flexibility index (Phi) is 6.09. The minimum absolute atomic E-state index is 0.581. The van der Waals surface area contributed by atoms with Crippen molar-refractivity contribution < 1.29 is 9.84 Å². The number of unbranched alkanes of at least 4 members (excludes halogenated alkanes) is 1. The minimum Gasteiger partial charge on any atom is -0.493 e. The summed E-state index contributed by atoms with van der Waals surface area (Å²) in [4.78, 5) is 0. The molecule has 0 aromatic heterocycles. The smallest absolute Gasteiger partial charge is 0.125 e. The third kappa shape index (κ3) is 5.07. The highest BCUT2D eigenvalue weighted by molar-refractivity contribution is 6.30. The molecule has 0 unspecified atom stereocenters. The third-order valence-corrected chi connectivity index (χ3v) is 3.62. The Balaban J connectivity index is 1.78. The molecular weight excluding hydrogens is 284 g/mol. The second-order valence-electron chi connectivity index (χ2n) is 5.15. The second kappa shape index (κ2) is 8.06. The highest BCUT2D eigenvalue weighted by atomic mass is 35.5. The molecule has 3 heteroatoms. The van der Waals surface area contributed by atoms with E-state index in [1.807, 2.05) is 12.1 Å². The normalized spacial score (nSPS) is 12.1. The molecule has 2 rings (SSSR count). The molecule has 0 aliphatic rings. The molecule has 0 saturated heterocycles. The average Bonchev–Trinajstić information content (AvgIpc) is 2.49. The van der Waals surface area contributed by atoms with Crippen LogP contribution in [0.3, 0.4) is 0 Å². The first-order chi connectivity index (χ1) is 10.2. The minimum atomic E-state index is -0.581. The lowest BCUT2D eigenvalue weighted by Crippen LogP contribution is -2.03. The summed E-state index contributed by atoms with van der Waals surface area (Å²) in [5, 5.41) is 10.4. The maximum Gasteiger partial charge on any atom is 0.125 e. The highest BCUT2D eigenvalue weighted by Gasteiger charge is 2.09. The molecule has 2 aromatic rings. The third-order valence-electron chi connectivity index (χ3n) is 3.38. The van der Waals surface area contributed by atoms with E-state index < -0.39 is 6.10 Å². The van der Waals surface area contributed by atoms with Gasteiger partial charge in [0.15, 0.2) is 0 Å². The molecule has 0 heterocycles. The standard InChI is InChI=1S/C18H21ClO2/c1-14(20)17-13-16(19)10-11-18(17)21-12-6-5-9-15-7-3-2-4-8-15/h2-4,7-8,10-11,13-14,20H,5-6,9,12H2,1H3/t14-/m1/s1. The molecule has 0 fully saturated rings. The van der Waals surface area contributed by atoms with E-state index in [0.717, 1.165) is 24.8 Å². The summed E-state index contributed by atoms with van der Waals surface area (Å²) in [6.45, 7) is 2.36. The molecule has 0 amide bonds. The van der Waals surface area contributed by atoms with Gasteiger partial charge in [0.05, 0.1) is 12.7 Å². The number of aliphatic hydroxyl groups is 1. The lowest BCUT2D eigenvalue weighted by molar-refractivity contribution is 0.191. The van der Waals surface area contributed by atoms with Gasteiger partial charge >= 0.3 is 0 Å². The van der Waals surface area contributed by atoms with Gasteiger partial charge in [-0.3, -0.25) is 0 Å². The van der Waals surface area contributed by atoms with Gasteiger partial charge < -0.3 is 9.84 Å². The summed E-state index contributed by atoms with van der Waals surface area (Å²) in [7, 11) is 0. The predicted molar refractivity (Wildman–Crippen MR) is 87.0 cm³/mol. The van der Waals surface area contributed by atoms with E-state index in [2.05, 4.69) is 24.3 Å². The van der Waals surface area contributed by atoms with Crippen LogP contribution in [0.1, 0.15) is 37.0 Å². The Hall–Kier alpha value is -1.51. The van der Waals surface area contributed by atoms with E-state index in [1.54, 1.807) is 19.1 Å². The van der Waals surface area contributed by atoms with Crippen LogP contribution < -0.4 is 4.74 Å². The van der Waals surface area contributed by atoms with Gasteiger partial charge in [-0.25, -0.2) is 0 Å². The van der Waals surface area contributed by atoms with Gasteiger partial charge in [-0.05, 0) is 49.9 Å². The Labute approximate surface area is 131 Å². The summed E-state index contributed by atoms with van der Waals surface area (Å²) >= 11 is 5.95. The average molecular weight is 305 g/mol. The molecule has 0 radical (unpaired) electrons. The fourth-order valence-electron chi connectivity index (χ4n) is 2.24. The number of rotatable bonds is 7. The fourth-order valence-corrected chi connectivity index (χ4v) is 2.42. The lowest BCUT2D eigenvalue weighted by atomic mass is 10.1. The van der Waals surface area contributed by atoms with Crippen LogP contribution in [0.2, 0.25) is 5.02 Å². The maximum absolute atomic E-state index is 9.74. The van der Waals surface area contributed by atoms with Crippen LogP contribution in [-0.2, 0) is 6.42 Å². The Morgan fingerprint density at radius 3 is 2.57 bits per heavy atom. The first-order valence-electron chi connectivity index (χ1n) is 7.31. The molecule has 0 aliphatic heterocycles. The van der Waals surface area contributed by atoms with Crippen LogP contribution >= 0.6 is 11.6 Å². The zero-order valence-corrected chi connectivity index (χ0v) is 13.0. The van der Waals surface area contributed by atoms with E-state index in [-0.39, 0.29) is 0 Å². The van der Waals surface area contributed by atoms with Gasteiger partial charge in [0.2, 0.25) is 0 Å². The highest BCUT2D eigenvalue weighted by Crippen LogP contribution is 2.28. The van der Waals surface area contributed by atoms with Crippen LogP contribution in [0.25, 0.3) is 0 Å². The van der Waals surface area contributed by atoms with Gasteiger partial charge in [0, 0.05) is 10.6 Å². The quantitative estimate of drug-likeness (QED) is 0.745. The number of aliphatic hydroxyl groups excluding tert-OH is 1. The topological polar surface area (TPSA) is 29.5 Å². The van der Waals surface area contributed by atoms with Crippen LogP contribution in [-0.4, -0.2) is 11.7 Å². The number of halogens is 1. The monoisotopic (exact) mass is 304 g/mol. The molecule has 1 atom stereocenters. The van der Waals surface area contributed by atoms with Crippen molar-refractivity contribution in [2.45, 2.75) is 32.3 Å². The van der Waals surface area contributed by atoms with E-state index in [4.69, 9.17) is 16.3 Å². The van der Waals surface area contributed by atoms with Crippen molar-refractivity contribution in [3.05, 3.63) is 64.7 Å². The van der Waals surface area contributed by atoms with Gasteiger partial charge in [0.1, 0.15) is 5.75 Å². The lowest BCUT2D eigenvalue weighted by Gasteiger charge is -2.13. The Morgan fingerprint density at radius 2 is 1.86 bits per heavy atom. The number of hydrogen-bond donors (Lipinski definition) is 1. The van der Waals surface area contributed by atoms with Gasteiger partial charge in [-0.15, -0.1) is 0 Å². The van der Waals surface area contributed by atoms with Crippen molar-refractivity contribution in [1.29, 1.82) is 0 Å². The van der Waals surface area contributed by atoms with Crippen LogP contribution in [0.4, 0.5) is 0 Å². The van der Waals surface area contributed by atoms with Gasteiger partial charge in [-0.2, -0.15) is 0 Å². The molecular formula is C18H21ClO2. The summed E-state index contributed by atoms with van der Waals surface area (Å²) in [5.41, 5.74) is 2.10. The van der Waals surface area contributed by atoms with Crippen molar-refractivity contribution in [2.75, 3.05) is 6.61 Å². The first kappa shape index (κ1) is 15.9. The summed E-state index contributed by atoms with van der Waals surface area (Å²) < 4.78 is 5.77. The van der Waals surface area contributed by atoms with E-state index >= 15 is 0 Å². The molecule has 2 nitrogen and oxygen atoms in total. The molecule has 0 saturated carbocycles. The van der Waals surface area contributed by atoms with Crippen LogP contribution in [0.15, 0.2) is 48.5 Å². The number of ether oxygens (including phenoxy) is 1. The Morgan fingerprint density at radius 1 is 1.10 bits per heavy atom. The largest absolute Gasteiger partial charge is 0.493 e. The maximum atomic E-state index is 9.74. The summed E-state index contributed by atoms with van der Waals surface area (Å²) in [6, 6.07) is 15.8. The van der Waals surface area contributed by atoms with E-state index in [0.29, 0.717) is 17.4 Å². The number of benzene rings is 2. The van der Waals surface area contributed by atoms with Crippen molar-refractivity contribution in [3.63, 3.8) is 0 Å². The number of aryl methyl sites for hydroxylation is 1. The van der Waals surface area contributed by atoms with E-state index in [1.165, 1.54) is 5.56 Å². The van der Waals surface area contributed by atoms with Crippen LogP contribution in [0, 0.1) is 0 Å².